The lowest BCUT2D eigenvalue weighted by Crippen LogP contribution is -2.42. The van der Waals surface area contributed by atoms with Gasteiger partial charge in [0, 0.05) is 36.6 Å². The van der Waals surface area contributed by atoms with Gasteiger partial charge in [-0.05, 0) is 61.4 Å². The number of fused-ring (bicyclic) bond motifs is 1. The molecule has 0 spiro atoms. The summed E-state index contributed by atoms with van der Waals surface area (Å²) in [5.74, 6) is 1.59. The number of aryl methyl sites for hydroxylation is 1. The van der Waals surface area contributed by atoms with Crippen molar-refractivity contribution in [3.63, 3.8) is 0 Å². The van der Waals surface area contributed by atoms with Crippen LogP contribution in [0.2, 0.25) is 0 Å². The van der Waals surface area contributed by atoms with Gasteiger partial charge in [0.25, 0.3) is 0 Å². The Bertz CT molecular complexity index is 809. The van der Waals surface area contributed by atoms with Crippen LogP contribution in [0.5, 0.6) is 5.75 Å². The molecule has 1 unspecified atom stereocenters. The van der Waals surface area contributed by atoms with Crippen LogP contribution < -0.4 is 20.7 Å². The summed E-state index contributed by atoms with van der Waals surface area (Å²) in [4.78, 5) is 5.46. The molecule has 7 heteroatoms. The fourth-order valence-corrected chi connectivity index (χ4v) is 4.35. The number of benzene rings is 1. The standard InChI is InChI=1S/C21H27FN4OS/c22-16-12-15-5-6-17(27-20(15)18(13-16)19-4-1-11-28-19)14-23-7-2-8-24-21-25-9-3-10-26-21/h1,4,11-13,17,23H,2-3,5-10,14H2,(H2,24,25,26). The van der Waals surface area contributed by atoms with Crippen LogP contribution in [0.25, 0.3) is 10.4 Å². The largest absolute Gasteiger partial charge is 0.488 e. The molecule has 3 N–H and O–H groups in total. The summed E-state index contributed by atoms with van der Waals surface area (Å²) in [6.07, 6.45) is 4.01. The van der Waals surface area contributed by atoms with Crippen LogP contribution in [0.4, 0.5) is 4.39 Å². The number of nitrogens with zero attached hydrogens (tertiary/aromatic N) is 1. The Labute approximate surface area is 169 Å². The fraction of sp³-hybridized carbons (Fsp3) is 0.476. The number of aliphatic imine (C=N–C) groups is 1. The van der Waals surface area contributed by atoms with Crippen molar-refractivity contribution in [1.29, 1.82) is 0 Å². The molecule has 0 radical (unpaired) electrons. The first kappa shape index (κ1) is 19.2. The van der Waals surface area contributed by atoms with Gasteiger partial charge in [0.2, 0.25) is 0 Å². The molecule has 0 saturated carbocycles. The quantitative estimate of drug-likeness (QED) is 0.623. The molecule has 0 bridgehead atoms. The number of thiophene rings is 1. The van der Waals surface area contributed by atoms with Crippen molar-refractivity contribution in [3.05, 3.63) is 41.0 Å². The summed E-state index contributed by atoms with van der Waals surface area (Å²) in [7, 11) is 0. The molecule has 2 aliphatic rings. The second-order valence-electron chi connectivity index (χ2n) is 7.19. The number of nitrogens with one attached hydrogen (secondary N) is 3. The maximum atomic E-state index is 14.0. The molecule has 28 heavy (non-hydrogen) atoms. The average Bonchev–Trinajstić information content (AvgIpc) is 3.25. The molecule has 0 saturated heterocycles. The number of guanidine groups is 1. The first-order chi connectivity index (χ1) is 13.8. The van der Waals surface area contributed by atoms with Crippen molar-refractivity contribution < 1.29 is 9.13 Å². The zero-order valence-electron chi connectivity index (χ0n) is 16.0. The van der Waals surface area contributed by atoms with Crippen LogP contribution in [0, 0.1) is 5.82 Å². The van der Waals surface area contributed by atoms with Crippen LogP contribution >= 0.6 is 11.3 Å². The van der Waals surface area contributed by atoms with E-state index >= 15 is 0 Å². The van der Waals surface area contributed by atoms with E-state index in [0.29, 0.717) is 0 Å². The third-order valence-electron chi connectivity index (χ3n) is 5.03. The molecule has 5 nitrogen and oxygen atoms in total. The normalized spacial score (nSPS) is 18.6. The van der Waals surface area contributed by atoms with Gasteiger partial charge in [-0.3, -0.25) is 4.99 Å². The van der Waals surface area contributed by atoms with E-state index in [0.717, 1.165) is 86.1 Å². The van der Waals surface area contributed by atoms with Gasteiger partial charge in [0.1, 0.15) is 17.7 Å². The zero-order valence-corrected chi connectivity index (χ0v) is 16.8. The van der Waals surface area contributed by atoms with Crippen LogP contribution in [0.15, 0.2) is 34.6 Å². The van der Waals surface area contributed by atoms with Gasteiger partial charge in [0.05, 0.1) is 0 Å². The van der Waals surface area contributed by atoms with Crippen LogP contribution in [-0.4, -0.2) is 44.8 Å². The molecule has 150 valence electrons. The number of rotatable bonds is 7. The molecule has 1 atom stereocenters. The first-order valence-corrected chi connectivity index (χ1v) is 10.9. The number of hydrogen-bond acceptors (Lipinski definition) is 6. The van der Waals surface area contributed by atoms with Crippen molar-refractivity contribution in [3.8, 4) is 16.2 Å². The Hall–Kier alpha value is -2.12. The second kappa shape index (κ2) is 9.39. The predicted molar refractivity (Wildman–Crippen MR) is 113 cm³/mol. The number of ether oxygens (including phenoxy) is 1. The van der Waals surface area contributed by atoms with Crippen molar-refractivity contribution >= 4 is 17.3 Å². The Kier molecular flexibility index (Phi) is 6.44. The second-order valence-corrected chi connectivity index (χ2v) is 8.14. The van der Waals surface area contributed by atoms with E-state index in [1.165, 1.54) is 0 Å². The molecular formula is C21H27FN4OS. The van der Waals surface area contributed by atoms with E-state index in [1.54, 1.807) is 23.5 Å². The van der Waals surface area contributed by atoms with E-state index in [1.807, 2.05) is 17.5 Å². The Morgan fingerprint density at radius 2 is 2.29 bits per heavy atom. The highest BCUT2D eigenvalue weighted by Crippen LogP contribution is 2.40. The summed E-state index contributed by atoms with van der Waals surface area (Å²) in [5.41, 5.74) is 1.85. The highest BCUT2D eigenvalue weighted by molar-refractivity contribution is 7.13. The molecule has 1 aromatic carbocycles. The van der Waals surface area contributed by atoms with Crippen LogP contribution in [0.3, 0.4) is 0 Å². The lowest BCUT2D eigenvalue weighted by molar-refractivity contribution is 0.171. The predicted octanol–water partition coefficient (Wildman–Crippen LogP) is 3.17. The number of hydrogen-bond donors (Lipinski definition) is 3. The minimum Gasteiger partial charge on any atom is -0.488 e. The first-order valence-electron chi connectivity index (χ1n) is 10.1. The summed E-state index contributed by atoms with van der Waals surface area (Å²) >= 11 is 1.61. The molecule has 0 fully saturated rings. The highest BCUT2D eigenvalue weighted by Gasteiger charge is 2.24. The average molecular weight is 403 g/mol. The van der Waals surface area contributed by atoms with Crippen molar-refractivity contribution in [2.75, 3.05) is 32.7 Å². The van der Waals surface area contributed by atoms with Gasteiger partial charge in [-0.25, -0.2) is 4.39 Å². The van der Waals surface area contributed by atoms with Crippen LogP contribution in [-0.2, 0) is 6.42 Å². The smallest absolute Gasteiger partial charge is 0.191 e. The third kappa shape index (κ3) is 4.83. The van der Waals surface area contributed by atoms with Crippen LogP contribution in [0.1, 0.15) is 24.8 Å². The topological polar surface area (TPSA) is 57.7 Å². The van der Waals surface area contributed by atoms with Gasteiger partial charge in [0.15, 0.2) is 5.96 Å². The molecule has 0 amide bonds. The van der Waals surface area contributed by atoms with E-state index in [9.17, 15) is 4.39 Å². The van der Waals surface area contributed by atoms with E-state index in [-0.39, 0.29) is 11.9 Å². The lowest BCUT2D eigenvalue weighted by atomic mass is 9.98. The van der Waals surface area contributed by atoms with Crippen molar-refractivity contribution in [2.24, 2.45) is 4.99 Å². The summed E-state index contributed by atoms with van der Waals surface area (Å²) in [5, 5.41) is 12.1. The van der Waals surface area contributed by atoms with Gasteiger partial charge in [-0.15, -0.1) is 11.3 Å². The molecular weight excluding hydrogens is 375 g/mol. The van der Waals surface area contributed by atoms with Gasteiger partial charge >= 0.3 is 0 Å². The SMILES string of the molecule is Fc1cc2c(c(-c3cccs3)c1)OC(CNCCCNC1=NCCCN1)CC2. The van der Waals surface area contributed by atoms with Gasteiger partial charge in [-0.2, -0.15) is 0 Å². The third-order valence-corrected chi connectivity index (χ3v) is 5.93. The molecule has 4 rings (SSSR count). The van der Waals surface area contributed by atoms with E-state index in [2.05, 4.69) is 20.9 Å². The summed E-state index contributed by atoms with van der Waals surface area (Å²) in [6, 6.07) is 7.21. The van der Waals surface area contributed by atoms with Crippen molar-refractivity contribution in [2.45, 2.75) is 31.8 Å². The molecule has 2 aromatic rings. The van der Waals surface area contributed by atoms with E-state index in [4.69, 9.17) is 4.74 Å². The summed E-state index contributed by atoms with van der Waals surface area (Å²) < 4.78 is 20.3. The zero-order chi connectivity index (χ0) is 19.2. The van der Waals surface area contributed by atoms with Gasteiger partial charge < -0.3 is 20.7 Å². The van der Waals surface area contributed by atoms with Crippen molar-refractivity contribution in [1.82, 2.24) is 16.0 Å². The van der Waals surface area contributed by atoms with E-state index < -0.39 is 0 Å². The Morgan fingerprint density at radius 3 is 3.11 bits per heavy atom. The van der Waals surface area contributed by atoms with Gasteiger partial charge in [-0.1, -0.05) is 6.07 Å². The maximum Gasteiger partial charge on any atom is 0.191 e. The molecule has 2 aliphatic heterocycles. The number of halogens is 1. The minimum absolute atomic E-state index is 0.119. The minimum atomic E-state index is -0.188. The highest BCUT2D eigenvalue weighted by atomic mass is 32.1. The summed E-state index contributed by atoms with van der Waals surface area (Å²) in [6.45, 7) is 4.54. The molecule has 3 heterocycles. The lowest BCUT2D eigenvalue weighted by Gasteiger charge is -2.28. The Balaban J connectivity index is 1.26. The molecule has 1 aromatic heterocycles. The molecule has 0 aliphatic carbocycles. The Morgan fingerprint density at radius 1 is 1.32 bits per heavy atom. The monoisotopic (exact) mass is 402 g/mol. The maximum absolute atomic E-state index is 14.0. The fourth-order valence-electron chi connectivity index (χ4n) is 3.61.